The quantitative estimate of drug-likeness (QED) is 0.740. The highest BCUT2D eigenvalue weighted by molar-refractivity contribution is 5.72. The van der Waals surface area contributed by atoms with E-state index >= 15 is 0 Å². The zero-order valence-corrected chi connectivity index (χ0v) is 11.4. The van der Waals surface area contributed by atoms with Gasteiger partial charge in [0, 0.05) is 24.2 Å². The van der Waals surface area contributed by atoms with Crippen molar-refractivity contribution in [3.8, 4) is 0 Å². The summed E-state index contributed by atoms with van der Waals surface area (Å²) >= 11 is 0. The van der Waals surface area contributed by atoms with Crippen LogP contribution in [0.4, 0.5) is 4.79 Å². The first-order chi connectivity index (χ1) is 8.23. The van der Waals surface area contributed by atoms with Crippen molar-refractivity contribution in [1.82, 2.24) is 10.2 Å². The van der Waals surface area contributed by atoms with Crippen molar-refractivity contribution in [2.24, 2.45) is 0 Å². The Bertz CT molecular complexity index is 325. The molecule has 0 radical (unpaired) electrons. The lowest BCUT2D eigenvalue weighted by Crippen LogP contribution is -2.45. The van der Waals surface area contributed by atoms with Crippen molar-refractivity contribution in [3.05, 3.63) is 0 Å². The highest BCUT2D eigenvalue weighted by Crippen LogP contribution is 2.22. The average molecular weight is 258 g/mol. The fraction of sp³-hybridized carbons (Fsp3) is 0.833. The molecule has 0 bridgehead atoms. The maximum absolute atomic E-state index is 11.3. The number of likely N-dealkylation sites (tertiary alicyclic amines) is 1. The number of ether oxygens (including phenoxy) is 1. The van der Waals surface area contributed by atoms with Crippen LogP contribution in [0.5, 0.6) is 0 Å². The molecule has 1 amide bonds. The van der Waals surface area contributed by atoms with Crippen molar-refractivity contribution >= 4 is 12.1 Å². The Morgan fingerprint density at radius 2 is 2.06 bits per heavy atom. The molecule has 0 aliphatic carbocycles. The number of hydrogen-bond donors (Lipinski definition) is 2. The van der Waals surface area contributed by atoms with Crippen molar-refractivity contribution in [2.45, 2.75) is 51.2 Å². The number of carboxylic acid groups (broad SMARTS) is 1. The molecular weight excluding hydrogens is 236 g/mol. The van der Waals surface area contributed by atoms with Gasteiger partial charge in [0.05, 0.1) is 13.5 Å². The number of carbonyl (C=O) groups excluding carboxylic acids is 1. The first-order valence-electron chi connectivity index (χ1n) is 6.07. The summed E-state index contributed by atoms with van der Waals surface area (Å²) in [5.41, 5.74) is -0.0744. The van der Waals surface area contributed by atoms with Crippen molar-refractivity contribution in [3.63, 3.8) is 0 Å². The number of nitrogens with zero attached hydrogens (tertiary/aromatic N) is 1. The lowest BCUT2D eigenvalue weighted by atomic mass is 10.0. The maximum Gasteiger partial charge on any atom is 0.407 e. The van der Waals surface area contributed by atoms with E-state index in [1.165, 1.54) is 12.0 Å². The van der Waals surface area contributed by atoms with E-state index in [9.17, 15) is 9.59 Å². The van der Waals surface area contributed by atoms with Gasteiger partial charge in [-0.25, -0.2) is 4.79 Å². The first-order valence-corrected chi connectivity index (χ1v) is 6.07. The summed E-state index contributed by atoms with van der Waals surface area (Å²) in [6, 6.07) is -0.217. The highest BCUT2D eigenvalue weighted by Gasteiger charge is 2.37. The lowest BCUT2D eigenvalue weighted by Gasteiger charge is -2.25. The molecule has 1 heterocycles. The van der Waals surface area contributed by atoms with Gasteiger partial charge in [0.1, 0.15) is 0 Å². The Labute approximate surface area is 107 Å². The van der Waals surface area contributed by atoms with Gasteiger partial charge in [-0.1, -0.05) is 0 Å². The molecular formula is C12H22N2O4. The molecule has 0 aromatic carbocycles. The van der Waals surface area contributed by atoms with Gasteiger partial charge in [-0.2, -0.15) is 0 Å². The van der Waals surface area contributed by atoms with E-state index in [0.29, 0.717) is 13.0 Å². The second-order valence-electron chi connectivity index (χ2n) is 5.70. The molecule has 1 fully saturated rings. The van der Waals surface area contributed by atoms with Crippen LogP contribution in [0, 0.1) is 0 Å². The van der Waals surface area contributed by atoms with Crippen LogP contribution in [-0.2, 0) is 9.53 Å². The normalized spacial score (nSPS) is 24.1. The summed E-state index contributed by atoms with van der Waals surface area (Å²) in [6.07, 6.45) is -0.230. The van der Waals surface area contributed by atoms with Gasteiger partial charge in [-0.05, 0) is 27.2 Å². The predicted molar refractivity (Wildman–Crippen MR) is 66.4 cm³/mol. The van der Waals surface area contributed by atoms with Crippen LogP contribution in [0.1, 0.15) is 33.6 Å². The molecule has 2 N–H and O–H groups in total. The molecule has 1 saturated heterocycles. The minimum absolute atomic E-state index is 0.0744. The fourth-order valence-electron chi connectivity index (χ4n) is 2.34. The Morgan fingerprint density at radius 1 is 1.44 bits per heavy atom. The number of rotatable bonds is 3. The molecule has 1 rings (SSSR count). The Kier molecular flexibility index (Phi) is 4.56. The zero-order chi connectivity index (χ0) is 13.9. The van der Waals surface area contributed by atoms with Crippen LogP contribution >= 0.6 is 0 Å². The van der Waals surface area contributed by atoms with Crippen LogP contribution in [-0.4, -0.2) is 53.3 Å². The highest BCUT2D eigenvalue weighted by atomic mass is 16.5. The van der Waals surface area contributed by atoms with E-state index in [1.807, 2.05) is 20.8 Å². The number of esters is 1. The van der Waals surface area contributed by atoms with Crippen molar-refractivity contribution < 1.29 is 19.4 Å². The van der Waals surface area contributed by atoms with Crippen molar-refractivity contribution in [1.29, 1.82) is 0 Å². The average Bonchev–Trinajstić information content (AvgIpc) is 2.58. The molecule has 18 heavy (non-hydrogen) atoms. The largest absolute Gasteiger partial charge is 0.469 e. The molecule has 2 atom stereocenters. The summed E-state index contributed by atoms with van der Waals surface area (Å²) in [6.45, 7) is 6.51. The van der Waals surface area contributed by atoms with Gasteiger partial charge in [0.15, 0.2) is 0 Å². The van der Waals surface area contributed by atoms with E-state index in [2.05, 4.69) is 10.1 Å². The monoisotopic (exact) mass is 258 g/mol. The number of amides is 1. The molecule has 1 aliphatic heterocycles. The summed E-state index contributed by atoms with van der Waals surface area (Å²) < 4.78 is 4.60. The summed E-state index contributed by atoms with van der Waals surface area (Å²) in [4.78, 5) is 23.7. The number of methoxy groups -OCH3 is 1. The standard InChI is InChI=1S/C12H22N2O4/c1-12(2,3)13-8-5-9(6-10(15)18-4)14(7-8)11(16)17/h8-9,13H,5-7H2,1-4H3,(H,16,17)/t8-,9-/m0/s1. The second kappa shape index (κ2) is 5.56. The minimum Gasteiger partial charge on any atom is -0.469 e. The van der Waals surface area contributed by atoms with Crippen LogP contribution in [0.2, 0.25) is 0 Å². The molecule has 0 spiro atoms. The molecule has 104 valence electrons. The van der Waals surface area contributed by atoms with Gasteiger partial charge < -0.3 is 20.1 Å². The number of nitrogens with one attached hydrogen (secondary N) is 1. The molecule has 6 heteroatoms. The Hall–Kier alpha value is -1.30. The summed E-state index contributed by atoms with van der Waals surface area (Å²) in [7, 11) is 1.31. The van der Waals surface area contributed by atoms with Gasteiger partial charge >= 0.3 is 12.1 Å². The first kappa shape index (κ1) is 14.8. The van der Waals surface area contributed by atoms with Crippen LogP contribution in [0.15, 0.2) is 0 Å². The molecule has 0 aromatic rings. The molecule has 0 saturated carbocycles. The SMILES string of the molecule is COC(=O)C[C@@H]1C[C@H](NC(C)(C)C)CN1C(=O)O. The topological polar surface area (TPSA) is 78.9 Å². The third kappa shape index (κ3) is 4.18. The number of hydrogen-bond acceptors (Lipinski definition) is 4. The fourth-order valence-corrected chi connectivity index (χ4v) is 2.34. The van der Waals surface area contributed by atoms with E-state index in [1.54, 1.807) is 0 Å². The number of carbonyl (C=O) groups is 2. The van der Waals surface area contributed by atoms with Gasteiger partial charge in [-0.3, -0.25) is 4.79 Å². The van der Waals surface area contributed by atoms with E-state index in [0.717, 1.165) is 0 Å². The molecule has 6 nitrogen and oxygen atoms in total. The van der Waals surface area contributed by atoms with E-state index in [4.69, 9.17) is 5.11 Å². The van der Waals surface area contributed by atoms with Gasteiger partial charge in [0.2, 0.25) is 0 Å². The Morgan fingerprint density at radius 3 is 2.50 bits per heavy atom. The minimum atomic E-state index is -0.984. The van der Waals surface area contributed by atoms with Gasteiger partial charge in [0.25, 0.3) is 0 Å². The van der Waals surface area contributed by atoms with Crippen LogP contribution in [0.25, 0.3) is 0 Å². The third-order valence-electron chi connectivity index (χ3n) is 2.93. The third-order valence-corrected chi connectivity index (χ3v) is 2.93. The van der Waals surface area contributed by atoms with Gasteiger partial charge in [-0.15, -0.1) is 0 Å². The smallest absolute Gasteiger partial charge is 0.407 e. The van der Waals surface area contributed by atoms with E-state index < -0.39 is 6.09 Å². The molecule has 0 unspecified atom stereocenters. The molecule has 0 aromatic heterocycles. The van der Waals surface area contributed by atoms with E-state index in [-0.39, 0.29) is 30.0 Å². The summed E-state index contributed by atoms with van der Waals surface area (Å²) in [5, 5.41) is 12.5. The van der Waals surface area contributed by atoms with Crippen LogP contribution in [0.3, 0.4) is 0 Å². The second-order valence-corrected chi connectivity index (χ2v) is 5.70. The lowest BCUT2D eigenvalue weighted by molar-refractivity contribution is -0.141. The summed E-state index contributed by atoms with van der Waals surface area (Å²) in [5.74, 6) is -0.373. The zero-order valence-electron chi connectivity index (χ0n) is 11.4. The molecule has 1 aliphatic rings. The maximum atomic E-state index is 11.3. The Balaban J connectivity index is 2.65. The van der Waals surface area contributed by atoms with Crippen LogP contribution < -0.4 is 5.32 Å². The predicted octanol–water partition coefficient (Wildman–Crippen LogP) is 1.06. The van der Waals surface area contributed by atoms with Crippen molar-refractivity contribution in [2.75, 3.05) is 13.7 Å².